The summed E-state index contributed by atoms with van der Waals surface area (Å²) in [4.78, 5) is 24.2. The summed E-state index contributed by atoms with van der Waals surface area (Å²) in [5, 5.41) is 0.615. The van der Waals surface area contributed by atoms with E-state index in [2.05, 4.69) is 4.98 Å². The van der Waals surface area contributed by atoms with E-state index in [-0.39, 0.29) is 5.91 Å². The van der Waals surface area contributed by atoms with Gasteiger partial charge < -0.3 is 4.74 Å². The summed E-state index contributed by atoms with van der Waals surface area (Å²) in [5.74, 6) is 0.525. The number of hydrogen-bond donors (Lipinski definition) is 0. The van der Waals surface area contributed by atoms with Gasteiger partial charge in [0.2, 0.25) is 0 Å². The summed E-state index contributed by atoms with van der Waals surface area (Å²) in [6, 6.07) is 21.0. The minimum atomic E-state index is -0.117. The monoisotopic (exact) mass is 387 g/mol. The molecule has 5 nitrogen and oxygen atoms in total. The fraction of sp³-hybridized carbons (Fsp3) is 0.0455. The highest BCUT2D eigenvalue weighted by atomic mass is 32.2. The number of pyridine rings is 1. The van der Waals surface area contributed by atoms with Gasteiger partial charge in [-0.2, -0.15) is 0 Å². The Balaban J connectivity index is 1.76. The molecular formula is C22H17N3O2S. The maximum Gasteiger partial charge on any atom is 0.271 e. The maximum atomic E-state index is 13.2. The molecule has 0 atom stereocenters. The van der Waals surface area contributed by atoms with Gasteiger partial charge in [0.05, 0.1) is 29.6 Å². The molecule has 1 aliphatic heterocycles. The first-order valence-corrected chi connectivity index (χ1v) is 9.48. The smallest absolute Gasteiger partial charge is 0.271 e. The first-order valence-electron chi connectivity index (χ1n) is 8.66. The molecule has 0 bridgehead atoms. The number of methoxy groups -OCH3 is 1. The van der Waals surface area contributed by atoms with Gasteiger partial charge in [0.15, 0.2) is 5.17 Å². The molecule has 0 aliphatic carbocycles. The number of aliphatic imine (C=N–C) groups is 1. The number of hydrogen-bond acceptors (Lipinski definition) is 5. The molecule has 0 N–H and O–H groups in total. The number of rotatable bonds is 4. The first-order chi connectivity index (χ1) is 13.7. The van der Waals surface area contributed by atoms with Gasteiger partial charge in [0.1, 0.15) is 5.75 Å². The van der Waals surface area contributed by atoms with Gasteiger partial charge in [-0.15, -0.1) is 0 Å². The lowest BCUT2D eigenvalue weighted by atomic mass is 10.2. The Kier molecular flexibility index (Phi) is 5.21. The van der Waals surface area contributed by atoms with Crippen molar-refractivity contribution in [3.8, 4) is 5.75 Å². The molecule has 1 aliphatic rings. The van der Waals surface area contributed by atoms with Crippen LogP contribution in [-0.4, -0.2) is 23.2 Å². The lowest BCUT2D eigenvalue weighted by Gasteiger charge is -2.15. The summed E-state index contributed by atoms with van der Waals surface area (Å²) in [5.41, 5.74) is 2.37. The molecule has 0 spiro atoms. The highest BCUT2D eigenvalue weighted by Gasteiger charge is 2.34. The fourth-order valence-corrected chi connectivity index (χ4v) is 3.74. The summed E-state index contributed by atoms with van der Waals surface area (Å²) in [7, 11) is 1.59. The van der Waals surface area contributed by atoms with Crippen molar-refractivity contribution in [2.75, 3.05) is 12.0 Å². The van der Waals surface area contributed by atoms with Gasteiger partial charge in [-0.3, -0.25) is 14.7 Å². The predicted octanol–water partition coefficient (Wildman–Crippen LogP) is 4.90. The van der Waals surface area contributed by atoms with Crippen molar-refractivity contribution in [1.29, 1.82) is 0 Å². The van der Waals surface area contributed by atoms with Gasteiger partial charge in [-0.25, -0.2) is 4.99 Å². The number of amides is 1. The van der Waals surface area contributed by atoms with E-state index in [1.807, 2.05) is 72.8 Å². The molecule has 2 heterocycles. The van der Waals surface area contributed by atoms with E-state index in [0.29, 0.717) is 15.8 Å². The van der Waals surface area contributed by atoms with Gasteiger partial charge in [0.25, 0.3) is 5.91 Å². The predicted molar refractivity (Wildman–Crippen MR) is 114 cm³/mol. The Morgan fingerprint density at radius 2 is 1.75 bits per heavy atom. The molecule has 6 heteroatoms. The van der Waals surface area contributed by atoms with Gasteiger partial charge in [0, 0.05) is 6.20 Å². The largest absolute Gasteiger partial charge is 0.495 e. The molecule has 4 rings (SSSR count). The Labute approximate surface area is 167 Å². The number of ether oxygens (including phenoxy) is 1. The standard InChI is InChI=1S/C22H17N3O2S/c1-27-19-12-16(14-23-15-19)13-20-21(26)25(18-10-6-3-7-11-18)22(28-20)24-17-8-4-2-5-9-17/h2-15H,1H3/b20-13-,24-22-. The van der Waals surface area contributed by atoms with Crippen molar-refractivity contribution in [1.82, 2.24) is 4.98 Å². The summed E-state index contributed by atoms with van der Waals surface area (Å²) in [6.07, 6.45) is 5.14. The van der Waals surface area contributed by atoms with Gasteiger partial charge >= 0.3 is 0 Å². The van der Waals surface area contributed by atoms with Crippen LogP contribution in [0, 0.1) is 0 Å². The number of carbonyl (C=O) groups excluding carboxylic acids is 1. The van der Waals surface area contributed by atoms with E-state index < -0.39 is 0 Å². The third-order valence-electron chi connectivity index (χ3n) is 4.07. The van der Waals surface area contributed by atoms with Crippen LogP contribution >= 0.6 is 11.8 Å². The molecule has 138 valence electrons. The van der Waals surface area contributed by atoms with Gasteiger partial charge in [-0.05, 0) is 53.7 Å². The second-order valence-corrected chi connectivity index (χ2v) is 6.98. The Morgan fingerprint density at radius 3 is 2.46 bits per heavy atom. The average molecular weight is 387 g/mol. The summed E-state index contributed by atoms with van der Waals surface area (Å²) in [6.45, 7) is 0. The van der Waals surface area contributed by atoms with E-state index >= 15 is 0 Å². The number of aromatic nitrogens is 1. The van der Waals surface area contributed by atoms with Crippen LogP contribution in [0.25, 0.3) is 6.08 Å². The molecular weight excluding hydrogens is 370 g/mol. The highest BCUT2D eigenvalue weighted by Crippen LogP contribution is 2.37. The minimum Gasteiger partial charge on any atom is -0.495 e. The third-order valence-corrected chi connectivity index (χ3v) is 5.04. The zero-order valence-corrected chi connectivity index (χ0v) is 16.0. The van der Waals surface area contributed by atoms with Crippen molar-refractivity contribution >= 4 is 40.3 Å². The number of carbonyl (C=O) groups is 1. The van der Waals surface area contributed by atoms with Crippen LogP contribution in [0.2, 0.25) is 0 Å². The lowest BCUT2D eigenvalue weighted by molar-refractivity contribution is -0.113. The van der Waals surface area contributed by atoms with Crippen LogP contribution in [0.5, 0.6) is 5.75 Å². The molecule has 28 heavy (non-hydrogen) atoms. The van der Waals surface area contributed by atoms with Crippen LogP contribution in [0.4, 0.5) is 11.4 Å². The number of para-hydroxylation sites is 2. The first kappa shape index (κ1) is 18.0. The summed E-state index contributed by atoms with van der Waals surface area (Å²) >= 11 is 1.34. The van der Waals surface area contributed by atoms with Crippen LogP contribution in [0.15, 0.2) is 89.0 Å². The zero-order valence-electron chi connectivity index (χ0n) is 15.1. The van der Waals surface area contributed by atoms with Crippen LogP contribution in [0.1, 0.15) is 5.56 Å². The second-order valence-electron chi connectivity index (χ2n) is 5.97. The Hall–Kier alpha value is -3.38. The average Bonchev–Trinajstić information content (AvgIpc) is 3.04. The van der Waals surface area contributed by atoms with Crippen molar-refractivity contribution in [3.63, 3.8) is 0 Å². The number of benzene rings is 2. The molecule has 0 unspecified atom stereocenters. The number of anilines is 1. The van der Waals surface area contributed by atoms with E-state index in [1.54, 1.807) is 24.4 Å². The molecule has 2 aromatic carbocycles. The highest BCUT2D eigenvalue weighted by molar-refractivity contribution is 8.19. The van der Waals surface area contributed by atoms with Gasteiger partial charge in [-0.1, -0.05) is 36.4 Å². The number of nitrogens with zero attached hydrogens (tertiary/aromatic N) is 3. The fourth-order valence-electron chi connectivity index (χ4n) is 2.74. The SMILES string of the molecule is COc1cncc(/C=C2\S/C(=N\c3ccccc3)N(c3ccccc3)C2=O)c1. The minimum absolute atomic E-state index is 0.117. The lowest BCUT2D eigenvalue weighted by Crippen LogP contribution is -2.28. The molecule has 1 amide bonds. The molecule has 0 radical (unpaired) electrons. The molecule has 1 saturated heterocycles. The second kappa shape index (κ2) is 8.10. The van der Waals surface area contributed by atoms with Crippen molar-refractivity contribution < 1.29 is 9.53 Å². The van der Waals surface area contributed by atoms with Crippen molar-refractivity contribution in [2.45, 2.75) is 0 Å². The van der Waals surface area contributed by atoms with Crippen LogP contribution < -0.4 is 9.64 Å². The quantitative estimate of drug-likeness (QED) is 0.598. The zero-order chi connectivity index (χ0) is 19.3. The summed E-state index contributed by atoms with van der Waals surface area (Å²) < 4.78 is 5.22. The Bertz CT molecular complexity index is 1050. The van der Waals surface area contributed by atoms with Crippen LogP contribution in [0.3, 0.4) is 0 Å². The molecule has 0 saturated carbocycles. The number of thioether (sulfide) groups is 1. The van der Waals surface area contributed by atoms with E-state index in [1.165, 1.54) is 11.8 Å². The van der Waals surface area contributed by atoms with Crippen molar-refractivity contribution in [3.05, 3.63) is 89.6 Å². The molecule has 1 fully saturated rings. The molecule has 3 aromatic rings. The topological polar surface area (TPSA) is 54.8 Å². The van der Waals surface area contributed by atoms with Crippen molar-refractivity contribution in [2.24, 2.45) is 4.99 Å². The van der Waals surface area contributed by atoms with Crippen LogP contribution in [-0.2, 0) is 4.79 Å². The van der Waals surface area contributed by atoms with E-state index in [4.69, 9.17) is 9.73 Å². The Morgan fingerprint density at radius 1 is 1.04 bits per heavy atom. The van der Waals surface area contributed by atoms with E-state index in [0.717, 1.165) is 16.9 Å². The number of amidine groups is 1. The van der Waals surface area contributed by atoms with E-state index in [9.17, 15) is 4.79 Å². The normalized spacial score (nSPS) is 16.8. The molecule has 1 aromatic heterocycles. The maximum absolute atomic E-state index is 13.2. The third kappa shape index (κ3) is 3.82.